The molecule has 3 aromatic rings. The highest BCUT2D eigenvalue weighted by molar-refractivity contribution is 9.10. The molecule has 0 unspecified atom stereocenters. The molecular formula is C20H19BrN6O4. The highest BCUT2D eigenvalue weighted by Gasteiger charge is 2.49. The zero-order valence-electron chi connectivity index (χ0n) is 17.0. The summed E-state index contributed by atoms with van der Waals surface area (Å²) in [5.41, 5.74) is 0.761. The van der Waals surface area contributed by atoms with E-state index in [0.717, 1.165) is 0 Å². The van der Waals surface area contributed by atoms with E-state index in [9.17, 15) is 9.59 Å². The highest BCUT2D eigenvalue weighted by Crippen LogP contribution is 2.36. The van der Waals surface area contributed by atoms with Crippen LogP contribution in [0.25, 0.3) is 5.69 Å². The van der Waals surface area contributed by atoms with Crippen LogP contribution in [0.5, 0.6) is 11.5 Å². The van der Waals surface area contributed by atoms with Gasteiger partial charge in [0.05, 0.1) is 26.5 Å². The predicted octanol–water partition coefficient (Wildman–Crippen LogP) is 2.41. The van der Waals surface area contributed by atoms with E-state index in [0.29, 0.717) is 32.8 Å². The minimum Gasteiger partial charge on any atom is -0.493 e. The molecule has 1 atom stereocenters. The predicted molar refractivity (Wildman–Crippen MR) is 113 cm³/mol. The van der Waals surface area contributed by atoms with Gasteiger partial charge in [-0.15, -0.1) is 5.10 Å². The largest absolute Gasteiger partial charge is 0.493 e. The molecule has 1 aromatic heterocycles. The number of aromatic nitrogens is 4. The third-order valence-corrected chi connectivity index (χ3v) is 5.93. The maximum absolute atomic E-state index is 13.4. The Morgan fingerprint density at radius 1 is 1.13 bits per heavy atom. The fraction of sp³-hybridized carbons (Fsp3) is 0.250. The first-order chi connectivity index (χ1) is 14.9. The number of nitrogens with one attached hydrogen (secondary N) is 1. The number of methoxy groups -OCH3 is 2. The third kappa shape index (κ3) is 3.61. The maximum Gasteiger partial charge on any atom is 0.325 e. The number of urea groups is 1. The smallest absolute Gasteiger partial charge is 0.325 e. The zero-order valence-corrected chi connectivity index (χ0v) is 18.6. The Hall–Kier alpha value is -3.47. The number of ether oxygens (including phenoxy) is 2. The molecule has 0 saturated carbocycles. The molecule has 2 heterocycles. The molecule has 1 aliphatic heterocycles. The van der Waals surface area contributed by atoms with Crippen LogP contribution in [0, 0.1) is 0 Å². The number of amides is 3. The molecule has 3 amide bonds. The molecule has 1 fully saturated rings. The van der Waals surface area contributed by atoms with Crippen LogP contribution in [0.3, 0.4) is 0 Å². The van der Waals surface area contributed by atoms with Gasteiger partial charge in [-0.1, -0.05) is 28.1 Å². The molecule has 1 saturated heterocycles. The van der Waals surface area contributed by atoms with Crippen molar-refractivity contribution in [3.8, 4) is 17.2 Å². The van der Waals surface area contributed by atoms with Crippen molar-refractivity contribution in [2.24, 2.45) is 0 Å². The lowest BCUT2D eigenvalue weighted by Crippen LogP contribution is -2.40. The molecule has 4 rings (SSSR count). The fourth-order valence-corrected chi connectivity index (χ4v) is 3.91. The van der Waals surface area contributed by atoms with Gasteiger partial charge in [-0.25, -0.2) is 9.48 Å². The molecule has 0 radical (unpaired) electrons. The monoisotopic (exact) mass is 486 g/mol. The third-order valence-electron chi connectivity index (χ3n) is 5.19. The van der Waals surface area contributed by atoms with Crippen molar-refractivity contribution >= 4 is 27.9 Å². The van der Waals surface area contributed by atoms with Gasteiger partial charge < -0.3 is 14.8 Å². The molecule has 0 spiro atoms. The Morgan fingerprint density at radius 3 is 2.55 bits per heavy atom. The van der Waals surface area contributed by atoms with Gasteiger partial charge in [0.25, 0.3) is 5.91 Å². The summed E-state index contributed by atoms with van der Waals surface area (Å²) in [5.74, 6) is 0.678. The molecule has 1 aliphatic rings. The number of nitrogens with zero attached hydrogens (tertiary/aromatic N) is 5. The average Bonchev–Trinajstić information content (AvgIpc) is 3.38. The van der Waals surface area contributed by atoms with Gasteiger partial charge in [-0.2, -0.15) is 0 Å². The number of benzene rings is 2. The van der Waals surface area contributed by atoms with Crippen molar-refractivity contribution in [2.75, 3.05) is 14.2 Å². The van der Waals surface area contributed by atoms with Crippen molar-refractivity contribution in [2.45, 2.75) is 19.0 Å². The van der Waals surface area contributed by atoms with E-state index in [1.165, 1.54) is 30.1 Å². The Morgan fingerprint density at radius 2 is 1.87 bits per heavy atom. The van der Waals surface area contributed by atoms with Gasteiger partial charge in [0, 0.05) is 4.47 Å². The van der Waals surface area contributed by atoms with Crippen molar-refractivity contribution in [1.29, 1.82) is 0 Å². The first-order valence-corrected chi connectivity index (χ1v) is 10.0. The number of rotatable bonds is 6. The summed E-state index contributed by atoms with van der Waals surface area (Å²) in [6.07, 6.45) is 1.46. The SMILES string of the molecule is COc1cc(Br)c(CN2C(=O)N[C@@](C)(c3cccc(-n4cnnn4)c3)C2=O)cc1OC. The van der Waals surface area contributed by atoms with Gasteiger partial charge in [-0.05, 0) is 52.7 Å². The Kier molecular flexibility index (Phi) is 5.36. The Balaban J connectivity index is 1.65. The number of carbonyl (C=O) groups excluding carboxylic acids is 2. The fourth-order valence-electron chi connectivity index (χ4n) is 3.46. The molecule has 0 bridgehead atoms. The number of hydrogen-bond donors (Lipinski definition) is 1. The van der Waals surface area contributed by atoms with Crippen LogP contribution in [-0.4, -0.2) is 51.3 Å². The summed E-state index contributed by atoms with van der Waals surface area (Å²) in [6.45, 7) is 1.74. The molecule has 10 nitrogen and oxygen atoms in total. The minimum absolute atomic E-state index is 0.0634. The van der Waals surface area contributed by atoms with Crippen LogP contribution in [0.4, 0.5) is 4.79 Å². The van der Waals surface area contributed by atoms with E-state index in [1.807, 2.05) is 6.07 Å². The molecule has 160 valence electrons. The van der Waals surface area contributed by atoms with E-state index in [2.05, 4.69) is 36.8 Å². The first kappa shape index (κ1) is 20.8. The van der Waals surface area contributed by atoms with Crippen LogP contribution < -0.4 is 14.8 Å². The summed E-state index contributed by atoms with van der Waals surface area (Å²) < 4.78 is 12.8. The standard InChI is InChI=1S/C20H19BrN6O4/c1-20(13-5-4-6-14(8-13)27-11-22-24-25-27)18(28)26(19(29)23-20)10-12-7-16(30-2)17(31-3)9-15(12)21/h4-9,11H,10H2,1-3H3,(H,23,29)/t20-/m0/s1. The first-order valence-electron chi connectivity index (χ1n) is 9.26. The van der Waals surface area contributed by atoms with Gasteiger partial charge in [0.15, 0.2) is 11.5 Å². The molecule has 31 heavy (non-hydrogen) atoms. The Labute approximate surface area is 186 Å². The van der Waals surface area contributed by atoms with Crippen LogP contribution in [-0.2, 0) is 16.9 Å². The van der Waals surface area contributed by atoms with Crippen LogP contribution >= 0.6 is 15.9 Å². The van der Waals surface area contributed by atoms with Crippen LogP contribution in [0.1, 0.15) is 18.1 Å². The van der Waals surface area contributed by atoms with Crippen molar-refractivity contribution < 1.29 is 19.1 Å². The van der Waals surface area contributed by atoms with Crippen molar-refractivity contribution in [3.63, 3.8) is 0 Å². The highest BCUT2D eigenvalue weighted by atomic mass is 79.9. The molecule has 2 aromatic carbocycles. The normalized spacial score (nSPS) is 18.3. The van der Waals surface area contributed by atoms with E-state index in [4.69, 9.17) is 9.47 Å². The van der Waals surface area contributed by atoms with Gasteiger partial charge in [0.2, 0.25) is 0 Å². The number of tetrazole rings is 1. The topological polar surface area (TPSA) is 111 Å². The van der Waals surface area contributed by atoms with E-state index >= 15 is 0 Å². The van der Waals surface area contributed by atoms with Crippen molar-refractivity contribution in [1.82, 2.24) is 30.4 Å². The summed E-state index contributed by atoms with van der Waals surface area (Å²) >= 11 is 3.48. The second-order valence-electron chi connectivity index (χ2n) is 7.05. The maximum atomic E-state index is 13.4. The van der Waals surface area contributed by atoms with Gasteiger partial charge >= 0.3 is 6.03 Å². The number of hydrogen-bond acceptors (Lipinski definition) is 7. The average molecular weight is 487 g/mol. The molecule has 1 N–H and O–H groups in total. The lowest BCUT2D eigenvalue weighted by atomic mass is 9.91. The van der Waals surface area contributed by atoms with Crippen LogP contribution in [0.15, 0.2) is 47.2 Å². The lowest BCUT2D eigenvalue weighted by molar-refractivity contribution is -0.131. The lowest BCUT2D eigenvalue weighted by Gasteiger charge is -2.23. The summed E-state index contributed by atoms with van der Waals surface area (Å²) in [6, 6.07) is 10.1. The quantitative estimate of drug-likeness (QED) is 0.532. The molecule has 11 heteroatoms. The second-order valence-corrected chi connectivity index (χ2v) is 7.90. The van der Waals surface area contributed by atoms with E-state index in [1.54, 1.807) is 37.3 Å². The summed E-state index contributed by atoms with van der Waals surface area (Å²) in [4.78, 5) is 27.3. The van der Waals surface area contributed by atoms with Crippen molar-refractivity contribution in [3.05, 3.63) is 58.3 Å². The van der Waals surface area contributed by atoms with E-state index in [-0.39, 0.29) is 12.5 Å². The molecule has 0 aliphatic carbocycles. The van der Waals surface area contributed by atoms with Gasteiger partial charge in [-0.3, -0.25) is 9.69 Å². The summed E-state index contributed by atoms with van der Waals surface area (Å²) in [7, 11) is 3.06. The van der Waals surface area contributed by atoms with Crippen LogP contribution in [0.2, 0.25) is 0 Å². The Bertz CT molecular complexity index is 1150. The zero-order chi connectivity index (χ0) is 22.2. The second kappa shape index (κ2) is 7.99. The number of carbonyl (C=O) groups is 2. The van der Waals surface area contributed by atoms with Gasteiger partial charge in [0.1, 0.15) is 11.9 Å². The number of imide groups is 1. The van der Waals surface area contributed by atoms with E-state index < -0.39 is 11.6 Å². The number of halogens is 1. The summed E-state index contributed by atoms with van der Waals surface area (Å²) in [5, 5.41) is 13.9. The minimum atomic E-state index is -1.23. The molecular weight excluding hydrogens is 468 g/mol.